The molecule has 3 N–H and O–H groups in total. The molecule has 1 aliphatic rings. The molecule has 0 bridgehead atoms. The molecule has 1 amide bonds. The van der Waals surface area contributed by atoms with E-state index >= 15 is 0 Å². The molecule has 5 nitrogen and oxygen atoms in total. The number of carbonyl (C=O) groups is 1. The molecule has 1 heterocycles. The van der Waals surface area contributed by atoms with Crippen LogP contribution in [0.25, 0.3) is 0 Å². The van der Waals surface area contributed by atoms with Crippen LogP contribution >= 0.6 is 11.3 Å². The van der Waals surface area contributed by atoms with Gasteiger partial charge in [-0.05, 0) is 19.8 Å². The second kappa shape index (κ2) is 6.01. The Labute approximate surface area is 130 Å². The van der Waals surface area contributed by atoms with Crippen LogP contribution in [0.2, 0.25) is 0 Å². The summed E-state index contributed by atoms with van der Waals surface area (Å²) in [6, 6.07) is 0. The summed E-state index contributed by atoms with van der Waals surface area (Å²) >= 11 is 1.56. The van der Waals surface area contributed by atoms with Crippen LogP contribution in [0.3, 0.4) is 0 Å². The smallest absolute Gasteiger partial charge is 0.225 e. The van der Waals surface area contributed by atoms with Gasteiger partial charge in [-0.3, -0.25) is 4.79 Å². The van der Waals surface area contributed by atoms with Gasteiger partial charge in [-0.15, -0.1) is 10.2 Å². The van der Waals surface area contributed by atoms with Gasteiger partial charge in [0, 0.05) is 11.0 Å². The third kappa shape index (κ3) is 4.01. The van der Waals surface area contributed by atoms with Gasteiger partial charge in [0.15, 0.2) is 0 Å². The summed E-state index contributed by atoms with van der Waals surface area (Å²) in [5.41, 5.74) is 5.88. The van der Waals surface area contributed by atoms with Crippen LogP contribution in [-0.4, -0.2) is 21.6 Å². The Morgan fingerprint density at radius 2 is 2.14 bits per heavy atom. The Kier molecular flexibility index (Phi) is 4.68. The van der Waals surface area contributed by atoms with Crippen molar-refractivity contribution >= 4 is 17.2 Å². The highest BCUT2D eigenvalue weighted by Crippen LogP contribution is 2.32. The molecule has 2 unspecified atom stereocenters. The molecular weight excluding hydrogens is 284 g/mol. The Balaban J connectivity index is 1.93. The maximum atomic E-state index is 12.4. The van der Waals surface area contributed by atoms with Crippen molar-refractivity contribution in [3.05, 3.63) is 10.0 Å². The fourth-order valence-corrected chi connectivity index (χ4v) is 3.54. The first-order valence-corrected chi connectivity index (χ1v) is 8.41. The molecular formula is C15H26N4OS. The standard InChI is InChI=1S/C15H26N4OS/c1-14(2,3)13-19-18-11(21-13)9-17-12(20)10-7-5-6-8-15(10,4)16/h10H,5-9,16H2,1-4H3,(H,17,20). The molecule has 1 aromatic heterocycles. The number of aromatic nitrogens is 2. The first-order chi connectivity index (χ1) is 9.70. The van der Waals surface area contributed by atoms with E-state index in [0.717, 1.165) is 35.7 Å². The lowest BCUT2D eigenvalue weighted by Crippen LogP contribution is -2.52. The molecule has 0 saturated heterocycles. The van der Waals surface area contributed by atoms with Crippen molar-refractivity contribution in [1.29, 1.82) is 0 Å². The number of nitrogens with two attached hydrogens (primary N) is 1. The number of nitrogens with zero attached hydrogens (tertiary/aromatic N) is 2. The number of rotatable bonds is 3. The molecule has 2 rings (SSSR count). The molecule has 1 aromatic rings. The van der Waals surface area contributed by atoms with Crippen LogP contribution < -0.4 is 11.1 Å². The van der Waals surface area contributed by atoms with Gasteiger partial charge in [-0.1, -0.05) is 44.9 Å². The first-order valence-electron chi connectivity index (χ1n) is 7.59. The lowest BCUT2D eigenvalue weighted by atomic mass is 9.74. The van der Waals surface area contributed by atoms with Crippen molar-refractivity contribution in [2.75, 3.05) is 0 Å². The largest absolute Gasteiger partial charge is 0.349 e. The third-order valence-corrected chi connectivity index (χ3v) is 5.44. The van der Waals surface area contributed by atoms with Crippen LogP contribution in [0.4, 0.5) is 0 Å². The highest BCUT2D eigenvalue weighted by atomic mass is 32.1. The number of hydrogen-bond acceptors (Lipinski definition) is 5. The van der Waals surface area contributed by atoms with Crippen molar-refractivity contribution in [3.8, 4) is 0 Å². The van der Waals surface area contributed by atoms with Crippen molar-refractivity contribution in [3.63, 3.8) is 0 Å². The lowest BCUT2D eigenvalue weighted by Gasteiger charge is -2.37. The SMILES string of the molecule is CC(C)(C)c1nnc(CNC(=O)C2CCCCC2(C)N)s1. The third-order valence-electron chi connectivity index (χ3n) is 4.09. The molecule has 0 radical (unpaired) electrons. The highest BCUT2D eigenvalue weighted by molar-refractivity contribution is 7.11. The van der Waals surface area contributed by atoms with Crippen molar-refractivity contribution in [2.24, 2.45) is 11.7 Å². The summed E-state index contributed by atoms with van der Waals surface area (Å²) < 4.78 is 0. The van der Waals surface area contributed by atoms with Crippen LogP contribution in [0.5, 0.6) is 0 Å². The minimum atomic E-state index is -0.389. The summed E-state index contributed by atoms with van der Waals surface area (Å²) in [4.78, 5) is 12.4. The van der Waals surface area contributed by atoms with Gasteiger partial charge in [-0.2, -0.15) is 0 Å². The molecule has 118 valence electrons. The molecule has 0 aromatic carbocycles. The van der Waals surface area contributed by atoms with E-state index in [1.807, 2.05) is 6.92 Å². The predicted molar refractivity (Wildman–Crippen MR) is 85.0 cm³/mol. The molecule has 1 fully saturated rings. The Hall–Kier alpha value is -1.01. The quantitative estimate of drug-likeness (QED) is 0.898. The molecule has 1 aliphatic carbocycles. The van der Waals surface area contributed by atoms with Crippen LogP contribution in [0, 0.1) is 5.92 Å². The summed E-state index contributed by atoms with van der Waals surface area (Å²) in [6.07, 6.45) is 3.99. The number of nitrogens with one attached hydrogen (secondary N) is 1. The van der Waals surface area contributed by atoms with E-state index < -0.39 is 0 Å². The number of hydrogen-bond donors (Lipinski definition) is 2. The van der Waals surface area contributed by atoms with Gasteiger partial charge in [-0.25, -0.2) is 0 Å². The van der Waals surface area contributed by atoms with Crippen molar-refractivity contribution in [2.45, 2.75) is 70.9 Å². The molecule has 0 aliphatic heterocycles. The van der Waals surface area contributed by atoms with Crippen molar-refractivity contribution in [1.82, 2.24) is 15.5 Å². The van der Waals surface area contributed by atoms with E-state index in [2.05, 4.69) is 36.3 Å². The fraction of sp³-hybridized carbons (Fsp3) is 0.800. The lowest BCUT2D eigenvalue weighted by molar-refractivity contribution is -0.128. The predicted octanol–water partition coefficient (Wildman–Crippen LogP) is 2.36. The fourth-order valence-electron chi connectivity index (χ4n) is 2.70. The monoisotopic (exact) mass is 310 g/mol. The summed E-state index contributed by atoms with van der Waals surface area (Å²) in [7, 11) is 0. The van der Waals surface area contributed by atoms with E-state index in [1.165, 1.54) is 0 Å². The zero-order chi connectivity index (χ0) is 15.7. The molecule has 1 saturated carbocycles. The maximum absolute atomic E-state index is 12.4. The zero-order valence-electron chi connectivity index (χ0n) is 13.4. The van der Waals surface area contributed by atoms with Gasteiger partial charge < -0.3 is 11.1 Å². The Morgan fingerprint density at radius 1 is 1.43 bits per heavy atom. The Morgan fingerprint density at radius 3 is 2.71 bits per heavy atom. The highest BCUT2D eigenvalue weighted by Gasteiger charge is 2.37. The zero-order valence-corrected chi connectivity index (χ0v) is 14.2. The van der Waals surface area contributed by atoms with Gasteiger partial charge in [0.1, 0.15) is 10.0 Å². The van der Waals surface area contributed by atoms with Gasteiger partial charge in [0.05, 0.1) is 12.5 Å². The van der Waals surface area contributed by atoms with Gasteiger partial charge in [0.25, 0.3) is 0 Å². The van der Waals surface area contributed by atoms with Crippen LogP contribution in [0.15, 0.2) is 0 Å². The summed E-state index contributed by atoms with van der Waals surface area (Å²) in [6.45, 7) is 8.76. The topological polar surface area (TPSA) is 80.9 Å². The van der Waals surface area contributed by atoms with Gasteiger partial charge in [0.2, 0.25) is 5.91 Å². The minimum Gasteiger partial charge on any atom is -0.349 e. The molecule has 2 atom stereocenters. The van der Waals surface area contributed by atoms with E-state index in [1.54, 1.807) is 11.3 Å². The summed E-state index contributed by atoms with van der Waals surface area (Å²) in [5, 5.41) is 13.2. The van der Waals surface area contributed by atoms with E-state index in [4.69, 9.17) is 5.73 Å². The second-order valence-corrected chi connectivity index (χ2v) is 8.34. The van der Waals surface area contributed by atoms with E-state index in [9.17, 15) is 4.79 Å². The van der Waals surface area contributed by atoms with Crippen LogP contribution in [-0.2, 0) is 16.8 Å². The van der Waals surface area contributed by atoms with E-state index in [-0.39, 0.29) is 22.8 Å². The maximum Gasteiger partial charge on any atom is 0.225 e. The molecule has 6 heteroatoms. The van der Waals surface area contributed by atoms with Gasteiger partial charge >= 0.3 is 0 Å². The number of carbonyl (C=O) groups excluding carboxylic acids is 1. The Bertz CT molecular complexity index is 504. The first kappa shape index (κ1) is 16.4. The van der Waals surface area contributed by atoms with Crippen molar-refractivity contribution < 1.29 is 4.79 Å². The molecule has 21 heavy (non-hydrogen) atoms. The normalized spacial score (nSPS) is 26.6. The van der Waals surface area contributed by atoms with E-state index in [0.29, 0.717) is 6.54 Å². The number of amides is 1. The second-order valence-electron chi connectivity index (χ2n) is 7.27. The minimum absolute atomic E-state index is 0.000867. The molecule has 0 spiro atoms. The average Bonchev–Trinajstić information content (AvgIpc) is 2.84. The van der Waals surface area contributed by atoms with Crippen LogP contribution in [0.1, 0.15) is 63.4 Å². The average molecular weight is 310 g/mol. The summed E-state index contributed by atoms with van der Waals surface area (Å²) in [5.74, 6) is -0.0477.